The molecule has 16 heavy (non-hydrogen) atoms. The lowest BCUT2D eigenvalue weighted by Gasteiger charge is -2.25. The maximum Gasteiger partial charge on any atom is 0.471 e. The van der Waals surface area contributed by atoms with Crippen molar-refractivity contribution in [2.45, 2.75) is 25.6 Å². The molecule has 0 N–H and O–H groups in total. The number of nitrogens with zero attached hydrogens (tertiary/aromatic N) is 1. The summed E-state index contributed by atoms with van der Waals surface area (Å²) in [4.78, 5) is 11.7. The van der Waals surface area contributed by atoms with Crippen LogP contribution in [0.15, 0.2) is 16.8 Å². The zero-order chi connectivity index (χ0) is 12.3. The highest BCUT2D eigenvalue weighted by Crippen LogP contribution is 2.20. The number of hydrogen-bond acceptors (Lipinski definition) is 2. The van der Waals surface area contributed by atoms with Gasteiger partial charge in [0.05, 0.1) is 0 Å². The smallest absolute Gasteiger partial charge is 0.335 e. The Morgan fingerprint density at radius 3 is 2.62 bits per heavy atom. The van der Waals surface area contributed by atoms with E-state index in [0.717, 1.165) is 10.5 Å². The molecular weight excluding hydrogens is 239 g/mol. The van der Waals surface area contributed by atoms with Crippen molar-refractivity contribution in [2.75, 3.05) is 7.05 Å². The Bertz CT molecular complexity index is 347. The van der Waals surface area contributed by atoms with Crippen molar-refractivity contribution in [1.29, 1.82) is 0 Å². The maximum absolute atomic E-state index is 12.1. The van der Waals surface area contributed by atoms with Crippen LogP contribution in [-0.4, -0.2) is 30.1 Å². The molecule has 1 aromatic heterocycles. The summed E-state index contributed by atoms with van der Waals surface area (Å²) in [6.07, 6.45) is -4.36. The summed E-state index contributed by atoms with van der Waals surface area (Å²) >= 11 is 1.48. The summed E-state index contributed by atoms with van der Waals surface area (Å²) in [5.41, 5.74) is 0.944. The molecular formula is C10H12F3NOS. The Morgan fingerprint density at radius 2 is 2.19 bits per heavy atom. The Balaban J connectivity index is 2.61. The van der Waals surface area contributed by atoms with Gasteiger partial charge in [-0.25, -0.2) is 0 Å². The predicted molar refractivity (Wildman–Crippen MR) is 56.3 cm³/mol. The highest BCUT2D eigenvalue weighted by atomic mass is 32.1. The molecule has 2 nitrogen and oxygen atoms in total. The van der Waals surface area contributed by atoms with Gasteiger partial charge in [-0.2, -0.15) is 24.5 Å². The van der Waals surface area contributed by atoms with Crippen LogP contribution in [0, 0.1) is 0 Å². The first kappa shape index (κ1) is 13.0. The van der Waals surface area contributed by atoms with Gasteiger partial charge in [0.15, 0.2) is 0 Å². The third-order valence-electron chi connectivity index (χ3n) is 2.34. The van der Waals surface area contributed by atoms with Crippen molar-refractivity contribution < 1.29 is 18.0 Å². The van der Waals surface area contributed by atoms with Crippen LogP contribution in [0.4, 0.5) is 13.2 Å². The van der Waals surface area contributed by atoms with Gasteiger partial charge in [-0.05, 0) is 35.7 Å². The molecule has 6 heteroatoms. The lowest BCUT2D eigenvalue weighted by molar-refractivity contribution is -0.185. The maximum atomic E-state index is 12.1. The van der Waals surface area contributed by atoms with E-state index in [2.05, 4.69) is 0 Å². The number of thiophene rings is 1. The second-order valence-electron chi connectivity index (χ2n) is 3.60. The van der Waals surface area contributed by atoms with E-state index in [-0.39, 0.29) is 0 Å². The summed E-state index contributed by atoms with van der Waals surface area (Å²) in [7, 11) is 1.17. The standard InChI is InChI=1S/C10H12F3NOS/c1-7(5-8-3-4-16-6-8)14(2)9(15)10(11,12)13/h3-4,6-7H,5H2,1-2H3. The minimum Gasteiger partial charge on any atom is -0.335 e. The molecule has 0 aromatic carbocycles. The normalized spacial score (nSPS) is 13.6. The molecule has 1 heterocycles. The van der Waals surface area contributed by atoms with Crippen molar-refractivity contribution in [2.24, 2.45) is 0 Å². The molecule has 1 unspecified atom stereocenters. The van der Waals surface area contributed by atoms with Gasteiger partial charge in [0, 0.05) is 13.1 Å². The molecule has 1 rings (SSSR count). The lowest BCUT2D eigenvalue weighted by Crippen LogP contribution is -2.44. The molecule has 0 aliphatic carbocycles. The van der Waals surface area contributed by atoms with Crippen LogP contribution in [0.1, 0.15) is 12.5 Å². The molecule has 0 radical (unpaired) electrons. The SMILES string of the molecule is CC(Cc1ccsc1)N(C)C(=O)C(F)(F)F. The summed E-state index contributed by atoms with van der Waals surface area (Å²) in [6, 6.07) is 1.37. The highest BCUT2D eigenvalue weighted by molar-refractivity contribution is 7.07. The van der Waals surface area contributed by atoms with Crippen LogP contribution < -0.4 is 0 Å². The summed E-state index contributed by atoms with van der Waals surface area (Å²) in [5, 5.41) is 3.72. The Labute approximate surface area is 95.7 Å². The minimum absolute atomic E-state index is 0.432. The van der Waals surface area contributed by atoms with Gasteiger partial charge in [-0.15, -0.1) is 0 Å². The second-order valence-corrected chi connectivity index (χ2v) is 4.38. The second kappa shape index (κ2) is 4.86. The van der Waals surface area contributed by atoms with Gasteiger partial charge in [-0.1, -0.05) is 0 Å². The zero-order valence-corrected chi connectivity index (χ0v) is 9.73. The van der Waals surface area contributed by atoms with E-state index < -0.39 is 18.1 Å². The summed E-state index contributed by atoms with van der Waals surface area (Å²) in [6.45, 7) is 1.60. The number of hydrogen-bond donors (Lipinski definition) is 0. The molecule has 0 aliphatic heterocycles. The fraction of sp³-hybridized carbons (Fsp3) is 0.500. The van der Waals surface area contributed by atoms with Gasteiger partial charge in [0.25, 0.3) is 0 Å². The van der Waals surface area contributed by atoms with Crippen LogP contribution in [-0.2, 0) is 11.2 Å². The zero-order valence-electron chi connectivity index (χ0n) is 8.91. The van der Waals surface area contributed by atoms with E-state index in [1.54, 1.807) is 6.92 Å². The van der Waals surface area contributed by atoms with E-state index >= 15 is 0 Å². The molecule has 1 amide bonds. The first-order chi connectivity index (χ1) is 7.32. The quantitative estimate of drug-likeness (QED) is 0.808. The molecule has 0 fully saturated rings. The number of likely N-dealkylation sites (N-methyl/N-ethyl adjacent to an activating group) is 1. The molecule has 0 spiro atoms. The third kappa shape index (κ3) is 3.23. The van der Waals surface area contributed by atoms with Gasteiger partial charge < -0.3 is 4.90 Å². The van der Waals surface area contributed by atoms with Crippen LogP contribution in [0.2, 0.25) is 0 Å². The van der Waals surface area contributed by atoms with E-state index in [0.29, 0.717) is 6.42 Å². The molecule has 0 bridgehead atoms. The number of alkyl halides is 3. The average Bonchev–Trinajstić information content (AvgIpc) is 2.66. The Morgan fingerprint density at radius 1 is 1.56 bits per heavy atom. The third-order valence-corrected chi connectivity index (χ3v) is 3.07. The largest absolute Gasteiger partial charge is 0.471 e. The van der Waals surface area contributed by atoms with Crippen molar-refractivity contribution in [3.8, 4) is 0 Å². The minimum atomic E-state index is -4.79. The van der Waals surface area contributed by atoms with E-state index in [1.165, 1.54) is 18.4 Å². The van der Waals surface area contributed by atoms with Gasteiger partial charge in [-0.3, -0.25) is 4.79 Å². The van der Waals surface area contributed by atoms with Crippen LogP contribution in [0.3, 0.4) is 0 Å². The van der Waals surface area contributed by atoms with Crippen molar-refractivity contribution in [3.05, 3.63) is 22.4 Å². The molecule has 1 aromatic rings. The van der Waals surface area contributed by atoms with E-state index in [9.17, 15) is 18.0 Å². The van der Waals surface area contributed by atoms with Crippen LogP contribution in [0.5, 0.6) is 0 Å². The number of halogens is 3. The number of carbonyl (C=O) groups excluding carboxylic acids is 1. The summed E-state index contributed by atoms with van der Waals surface area (Å²) < 4.78 is 36.4. The predicted octanol–water partition coefficient (Wildman–Crippen LogP) is 2.70. The Hall–Kier alpha value is -1.04. The number of rotatable bonds is 3. The summed E-state index contributed by atoms with van der Waals surface area (Å²) in [5.74, 6) is -1.80. The first-order valence-corrected chi connectivity index (χ1v) is 5.61. The number of amides is 1. The highest BCUT2D eigenvalue weighted by Gasteiger charge is 2.42. The van der Waals surface area contributed by atoms with Crippen LogP contribution >= 0.6 is 11.3 Å². The van der Waals surface area contributed by atoms with E-state index in [1.807, 2.05) is 16.8 Å². The van der Waals surface area contributed by atoms with Gasteiger partial charge in [0.1, 0.15) is 0 Å². The topological polar surface area (TPSA) is 20.3 Å². The molecule has 0 saturated heterocycles. The van der Waals surface area contributed by atoms with Crippen molar-refractivity contribution in [3.63, 3.8) is 0 Å². The van der Waals surface area contributed by atoms with E-state index in [4.69, 9.17) is 0 Å². The average molecular weight is 251 g/mol. The Kier molecular flexibility index (Phi) is 3.96. The molecule has 0 saturated carbocycles. The molecule has 0 aliphatic rings. The van der Waals surface area contributed by atoms with Crippen molar-refractivity contribution >= 4 is 17.2 Å². The van der Waals surface area contributed by atoms with Crippen LogP contribution in [0.25, 0.3) is 0 Å². The van der Waals surface area contributed by atoms with Gasteiger partial charge in [0.2, 0.25) is 0 Å². The monoisotopic (exact) mass is 251 g/mol. The van der Waals surface area contributed by atoms with Crippen molar-refractivity contribution in [1.82, 2.24) is 4.90 Å². The number of carbonyl (C=O) groups is 1. The first-order valence-electron chi connectivity index (χ1n) is 4.67. The van der Waals surface area contributed by atoms with Gasteiger partial charge >= 0.3 is 12.1 Å². The fourth-order valence-electron chi connectivity index (χ4n) is 1.29. The molecule has 1 atom stereocenters. The fourth-order valence-corrected chi connectivity index (χ4v) is 1.97. The molecule has 90 valence electrons. The lowest BCUT2D eigenvalue weighted by atomic mass is 10.1.